The molecule has 2 heterocycles. The predicted molar refractivity (Wildman–Crippen MR) is 131 cm³/mol. The van der Waals surface area contributed by atoms with E-state index < -0.39 is 12.2 Å². The number of pyridine rings is 1. The fourth-order valence-electron chi connectivity index (χ4n) is 4.19. The quantitative estimate of drug-likeness (QED) is 0.504. The van der Waals surface area contributed by atoms with Crippen molar-refractivity contribution in [3.8, 4) is 5.75 Å². The maximum absolute atomic E-state index is 11.9. The molecule has 8 nitrogen and oxygen atoms in total. The molecule has 1 aromatic heterocycles. The molecule has 1 atom stereocenters. The number of nitrogens with one attached hydrogen (secondary N) is 1. The second-order valence-electron chi connectivity index (χ2n) is 8.43. The maximum atomic E-state index is 11.9. The summed E-state index contributed by atoms with van der Waals surface area (Å²) in [5.74, 6) is 0.750. The van der Waals surface area contributed by atoms with E-state index in [1.807, 2.05) is 54.6 Å². The topological polar surface area (TPSA) is 87.2 Å². The summed E-state index contributed by atoms with van der Waals surface area (Å²) in [7, 11) is 1.64. The van der Waals surface area contributed by atoms with Gasteiger partial charge in [0.05, 0.1) is 18.7 Å². The lowest BCUT2D eigenvalue weighted by atomic mass is 10.0. The number of piperazine rings is 1. The summed E-state index contributed by atoms with van der Waals surface area (Å²) < 4.78 is 10.6. The molecule has 2 N–H and O–H groups in total. The summed E-state index contributed by atoms with van der Waals surface area (Å²) in [5.41, 5.74) is 2.68. The second-order valence-corrected chi connectivity index (χ2v) is 8.43. The standard InChI is InChI=1S/C26H32N4O4/c1-33-21-7-8-24-23(17-21)22(9-10-27-24)25(31)18-30-15-13-29(14-16-30)12-11-28-26(32)34-19-20-5-3-2-4-6-20/h2-10,17,25,31H,11-16,18-19H2,1H3,(H,28,32)/t25-/m1/s1. The first-order valence-corrected chi connectivity index (χ1v) is 11.6. The lowest BCUT2D eigenvalue weighted by Crippen LogP contribution is -2.49. The van der Waals surface area contributed by atoms with Crippen LogP contribution in [0.1, 0.15) is 17.2 Å². The van der Waals surface area contributed by atoms with Crippen molar-refractivity contribution < 1.29 is 19.4 Å². The fourth-order valence-corrected chi connectivity index (χ4v) is 4.19. The zero-order chi connectivity index (χ0) is 23.8. The molecule has 0 bridgehead atoms. The Morgan fingerprint density at radius 3 is 2.62 bits per heavy atom. The summed E-state index contributed by atoms with van der Waals surface area (Å²) in [6.07, 6.45) is 0.736. The number of nitrogens with zero attached hydrogens (tertiary/aromatic N) is 3. The molecule has 1 saturated heterocycles. The Kier molecular flexibility index (Phi) is 8.30. The normalized spacial score (nSPS) is 15.7. The smallest absolute Gasteiger partial charge is 0.407 e. The van der Waals surface area contributed by atoms with Crippen LogP contribution in [0.3, 0.4) is 0 Å². The molecule has 34 heavy (non-hydrogen) atoms. The first-order chi connectivity index (χ1) is 16.6. The van der Waals surface area contributed by atoms with Crippen LogP contribution < -0.4 is 10.1 Å². The fraction of sp³-hybridized carbons (Fsp3) is 0.385. The number of methoxy groups -OCH3 is 1. The van der Waals surface area contributed by atoms with Gasteiger partial charge < -0.3 is 19.9 Å². The Balaban J connectivity index is 1.19. The number of ether oxygens (including phenoxy) is 2. The van der Waals surface area contributed by atoms with Crippen molar-refractivity contribution in [1.82, 2.24) is 20.1 Å². The van der Waals surface area contributed by atoms with Crippen LogP contribution in [0.25, 0.3) is 10.9 Å². The monoisotopic (exact) mass is 464 g/mol. The number of aliphatic hydroxyl groups is 1. The number of amides is 1. The van der Waals surface area contributed by atoms with Crippen LogP contribution in [0.4, 0.5) is 4.79 Å². The highest BCUT2D eigenvalue weighted by molar-refractivity contribution is 5.83. The van der Waals surface area contributed by atoms with Crippen LogP contribution in [0.2, 0.25) is 0 Å². The van der Waals surface area contributed by atoms with Gasteiger partial charge in [0.15, 0.2) is 0 Å². The van der Waals surface area contributed by atoms with Crippen molar-refractivity contribution in [3.63, 3.8) is 0 Å². The Hall–Kier alpha value is -3.20. The molecule has 180 valence electrons. The molecule has 0 aliphatic carbocycles. The molecular weight excluding hydrogens is 432 g/mol. The molecule has 1 aliphatic rings. The lowest BCUT2D eigenvalue weighted by Gasteiger charge is -2.35. The van der Waals surface area contributed by atoms with Crippen molar-refractivity contribution in [2.45, 2.75) is 12.7 Å². The molecule has 8 heteroatoms. The number of carbonyl (C=O) groups excluding carboxylic acids is 1. The molecule has 1 amide bonds. The molecule has 4 rings (SSSR count). The van der Waals surface area contributed by atoms with E-state index in [4.69, 9.17) is 9.47 Å². The van der Waals surface area contributed by atoms with E-state index in [0.717, 1.165) is 60.5 Å². The summed E-state index contributed by atoms with van der Waals surface area (Å²) >= 11 is 0. The maximum Gasteiger partial charge on any atom is 0.407 e. The Morgan fingerprint density at radius 1 is 1.09 bits per heavy atom. The van der Waals surface area contributed by atoms with E-state index in [1.165, 1.54) is 0 Å². The highest BCUT2D eigenvalue weighted by atomic mass is 16.5. The van der Waals surface area contributed by atoms with Gasteiger partial charge in [-0.2, -0.15) is 0 Å². The minimum Gasteiger partial charge on any atom is -0.497 e. The van der Waals surface area contributed by atoms with Gasteiger partial charge in [-0.05, 0) is 35.4 Å². The summed E-state index contributed by atoms with van der Waals surface area (Å²) in [6, 6.07) is 17.2. The van der Waals surface area contributed by atoms with Crippen molar-refractivity contribution in [2.75, 3.05) is 52.9 Å². The number of aliphatic hydroxyl groups excluding tert-OH is 1. The number of alkyl carbamates (subject to hydrolysis) is 1. The number of fused-ring (bicyclic) bond motifs is 1. The zero-order valence-corrected chi connectivity index (χ0v) is 19.5. The highest BCUT2D eigenvalue weighted by Gasteiger charge is 2.21. The summed E-state index contributed by atoms with van der Waals surface area (Å²) in [6.45, 7) is 5.65. The number of aromatic nitrogens is 1. The van der Waals surface area contributed by atoms with Crippen molar-refractivity contribution in [1.29, 1.82) is 0 Å². The van der Waals surface area contributed by atoms with Crippen LogP contribution in [0, 0.1) is 0 Å². The number of carbonyl (C=O) groups is 1. The number of benzene rings is 2. The largest absolute Gasteiger partial charge is 0.497 e. The Labute approximate surface area is 200 Å². The summed E-state index contributed by atoms with van der Waals surface area (Å²) in [4.78, 5) is 20.9. The van der Waals surface area contributed by atoms with Gasteiger partial charge in [0.1, 0.15) is 12.4 Å². The van der Waals surface area contributed by atoms with Gasteiger partial charge >= 0.3 is 6.09 Å². The average Bonchev–Trinajstić information content (AvgIpc) is 2.88. The number of hydrogen-bond acceptors (Lipinski definition) is 7. The van der Waals surface area contributed by atoms with E-state index in [-0.39, 0.29) is 6.61 Å². The molecule has 0 saturated carbocycles. The van der Waals surface area contributed by atoms with E-state index in [1.54, 1.807) is 13.3 Å². The van der Waals surface area contributed by atoms with Gasteiger partial charge in [0.25, 0.3) is 0 Å². The summed E-state index contributed by atoms with van der Waals surface area (Å²) in [5, 5.41) is 14.7. The predicted octanol–water partition coefficient (Wildman–Crippen LogP) is 2.82. The van der Waals surface area contributed by atoms with Gasteiger partial charge in [-0.25, -0.2) is 4.79 Å². The van der Waals surface area contributed by atoms with Crippen molar-refractivity contribution in [2.24, 2.45) is 0 Å². The third kappa shape index (κ3) is 6.44. The van der Waals surface area contributed by atoms with Gasteiger partial charge in [-0.3, -0.25) is 14.8 Å². The highest BCUT2D eigenvalue weighted by Crippen LogP contribution is 2.27. The molecular formula is C26H32N4O4. The van der Waals surface area contributed by atoms with Gasteiger partial charge in [0, 0.05) is 57.4 Å². The van der Waals surface area contributed by atoms with Crippen LogP contribution >= 0.6 is 0 Å². The minimum absolute atomic E-state index is 0.271. The first-order valence-electron chi connectivity index (χ1n) is 11.6. The van der Waals surface area contributed by atoms with Crippen molar-refractivity contribution in [3.05, 3.63) is 71.9 Å². The van der Waals surface area contributed by atoms with E-state index in [9.17, 15) is 9.90 Å². The van der Waals surface area contributed by atoms with Crippen LogP contribution in [-0.4, -0.2) is 78.9 Å². The Morgan fingerprint density at radius 2 is 1.85 bits per heavy atom. The Bertz CT molecular complexity index is 1070. The van der Waals surface area contributed by atoms with Gasteiger partial charge in [-0.1, -0.05) is 30.3 Å². The third-order valence-electron chi connectivity index (χ3n) is 6.15. The molecule has 0 spiro atoms. The number of hydrogen-bond donors (Lipinski definition) is 2. The molecule has 1 aliphatic heterocycles. The van der Waals surface area contributed by atoms with E-state index >= 15 is 0 Å². The van der Waals surface area contributed by atoms with Gasteiger partial charge in [0.2, 0.25) is 0 Å². The number of rotatable bonds is 9. The molecule has 3 aromatic rings. The molecule has 1 fully saturated rings. The van der Waals surface area contributed by atoms with Crippen molar-refractivity contribution >= 4 is 17.0 Å². The van der Waals surface area contributed by atoms with Gasteiger partial charge in [-0.15, -0.1) is 0 Å². The molecule has 0 radical (unpaired) electrons. The SMILES string of the molecule is COc1ccc2nccc([C@H](O)CN3CCN(CCNC(=O)OCc4ccccc4)CC3)c2c1. The van der Waals surface area contributed by atoms with E-state index in [0.29, 0.717) is 13.1 Å². The molecule has 0 unspecified atom stereocenters. The van der Waals surface area contributed by atoms with E-state index in [2.05, 4.69) is 20.1 Å². The second kappa shape index (κ2) is 11.8. The number of β-amino-alcohol motifs (C(OH)–C–C–N with tert-alkyl or cyclic N) is 1. The minimum atomic E-state index is -0.606. The van der Waals surface area contributed by atoms with Crippen LogP contribution in [-0.2, 0) is 11.3 Å². The first kappa shape index (κ1) is 23.9. The third-order valence-corrected chi connectivity index (χ3v) is 6.15. The molecule has 2 aromatic carbocycles. The average molecular weight is 465 g/mol. The van der Waals surface area contributed by atoms with Crippen LogP contribution in [0.5, 0.6) is 5.75 Å². The van der Waals surface area contributed by atoms with Crippen LogP contribution in [0.15, 0.2) is 60.8 Å². The zero-order valence-electron chi connectivity index (χ0n) is 19.5. The lowest BCUT2D eigenvalue weighted by molar-refractivity contribution is 0.0729.